The summed E-state index contributed by atoms with van der Waals surface area (Å²) in [6.07, 6.45) is 3.79. The summed E-state index contributed by atoms with van der Waals surface area (Å²) < 4.78 is 1.78. The Hall–Kier alpha value is -1.36. The van der Waals surface area contributed by atoms with Crippen LogP contribution in [0.4, 0.5) is 5.13 Å². The van der Waals surface area contributed by atoms with Crippen LogP contribution >= 0.6 is 11.3 Å². The van der Waals surface area contributed by atoms with Crippen molar-refractivity contribution in [3.8, 4) is 11.3 Å². The number of hydrogen-bond donors (Lipinski definition) is 1. The summed E-state index contributed by atoms with van der Waals surface area (Å²) in [5, 5.41) is 10.3. The zero-order chi connectivity index (χ0) is 9.97. The Morgan fingerprint density at radius 1 is 1.57 bits per heavy atom. The van der Waals surface area contributed by atoms with Gasteiger partial charge in [-0.25, -0.2) is 4.98 Å². The van der Waals surface area contributed by atoms with E-state index < -0.39 is 0 Å². The number of anilines is 1. The minimum atomic E-state index is 0.903. The molecule has 14 heavy (non-hydrogen) atoms. The molecule has 2 aromatic rings. The Morgan fingerprint density at radius 3 is 3.07 bits per heavy atom. The van der Waals surface area contributed by atoms with Gasteiger partial charge in [-0.05, 0) is 6.92 Å². The van der Waals surface area contributed by atoms with Crippen molar-refractivity contribution >= 4 is 16.5 Å². The maximum Gasteiger partial charge on any atom is 0.183 e. The molecule has 74 valence electrons. The van der Waals surface area contributed by atoms with Crippen molar-refractivity contribution in [2.75, 3.05) is 11.9 Å². The molecule has 0 aliphatic heterocycles. The maximum atomic E-state index is 4.44. The highest BCUT2D eigenvalue weighted by molar-refractivity contribution is 7.14. The van der Waals surface area contributed by atoms with E-state index in [-0.39, 0.29) is 0 Å². The van der Waals surface area contributed by atoms with Gasteiger partial charge in [0.05, 0.1) is 11.9 Å². The first kappa shape index (κ1) is 9.21. The normalized spacial score (nSPS) is 10.4. The van der Waals surface area contributed by atoms with E-state index in [2.05, 4.69) is 22.3 Å². The fraction of sp³-hybridized carbons (Fsp3) is 0.333. The smallest absolute Gasteiger partial charge is 0.183 e. The van der Waals surface area contributed by atoms with E-state index in [1.165, 1.54) is 0 Å². The van der Waals surface area contributed by atoms with Gasteiger partial charge in [0.15, 0.2) is 5.13 Å². The second-order valence-corrected chi connectivity index (χ2v) is 3.83. The zero-order valence-electron chi connectivity index (χ0n) is 8.19. The molecule has 0 spiro atoms. The highest BCUT2D eigenvalue weighted by Crippen LogP contribution is 2.23. The van der Waals surface area contributed by atoms with E-state index in [0.29, 0.717) is 0 Å². The van der Waals surface area contributed by atoms with Gasteiger partial charge >= 0.3 is 0 Å². The average molecular weight is 208 g/mol. The third-order valence-electron chi connectivity index (χ3n) is 1.83. The van der Waals surface area contributed by atoms with Crippen LogP contribution in [0.2, 0.25) is 0 Å². The molecular formula is C9H12N4S. The van der Waals surface area contributed by atoms with E-state index in [0.717, 1.165) is 22.9 Å². The van der Waals surface area contributed by atoms with Gasteiger partial charge in [0, 0.05) is 30.7 Å². The number of aryl methyl sites for hydroxylation is 1. The molecule has 0 aliphatic rings. The Morgan fingerprint density at radius 2 is 2.43 bits per heavy atom. The predicted octanol–water partition coefficient (Wildman–Crippen LogP) is 1.98. The van der Waals surface area contributed by atoms with Crippen LogP contribution in [0.1, 0.15) is 6.92 Å². The molecule has 0 atom stereocenters. The Kier molecular flexibility index (Phi) is 2.49. The third kappa shape index (κ3) is 1.77. The summed E-state index contributed by atoms with van der Waals surface area (Å²) in [6.45, 7) is 2.96. The molecule has 0 bridgehead atoms. The van der Waals surface area contributed by atoms with Crippen LogP contribution in [-0.4, -0.2) is 21.3 Å². The molecule has 0 aliphatic carbocycles. The van der Waals surface area contributed by atoms with Crippen LogP contribution in [0.3, 0.4) is 0 Å². The molecule has 0 saturated carbocycles. The molecule has 2 heterocycles. The highest BCUT2D eigenvalue weighted by Gasteiger charge is 2.04. The fourth-order valence-corrected chi connectivity index (χ4v) is 1.98. The topological polar surface area (TPSA) is 42.7 Å². The van der Waals surface area contributed by atoms with Crippen LogP contribution in [0.5, 0.6) is 0 Å². The van der Waals surface area contributed by atoms with Gasteiger partial charge in [0.25, 0.3) is 0 Å². The van der Waals surface area contributed by atoms with Gasteiger partial charge in [0.2, 0.25) is 0 Å². The molecular weight excluding hydrogens is 196 g/mol. The lowest BCUT2D eigenvalue weighted by molar-refractivity contribution is 0.768. The quantitative estimate of drug-likeness (QED) is 0.838. The Labute approximate surface area is 86.6 Å². The molecule has 4 nitrogen and oxygen atoms in total. The lowest BCUT2D eigenvalue weighted by atomic mass is 10.3. The first-order valence-electron chi connectivity index (χ1n) is 4.48. The van der Waals surface area contributed by atoms with Gasteiger partial charge in [-0.1, -0.05) is 0 Å². The fourth-order valence-electron chi connectivity index (χ4n) is 1.19. The number of hydrogen-bond acceptors (Lipinski definition) is 4. The van der Waals surface area contributed by atoms with Crippen LogP contribution in [0.15, 0.2) is 17.8 Å². The van der Waals surface area contributed by atoms with Crippen LogP contribution in [0.25, 0.3) is 11.3 Å². The average Bonchev–Trinajstić information content (AvgIpc) is 2.74. The van der Waals surface area contributed by atoms with Crippen molar-refractivity contribution in [3.63, 3.8) is 0 Å². The number of rotatable bonds is 3. The van der Waals surface area contributed by atoms with Crippen molar-refractivity contribution in [3.05, 3.63) is 17.8 Å². The number of thiazole rings is 1. The lowest BCUT2D eigenvalue weighted by Gasteiger charge is -1.93. The summed E-state index contributed by atoms with van der Waals surface area (Å²) in [7, 11) is 1.90. The monoisotopic (exact) mass is 208 g/mol. The maximum absolute atomic E-state index is 4.44. The molecule has 0 saturated heterocycles. The third-order valence-corrected chi connectivity index (χ3v) is 2.63. The first-order chi connectivity index (χ1) is 6.79. The molecule has 0 aromatic carbocycles. The molecule has 2 aromatic heterocycles. The van der Waals surface area contributed by atoms with Crippen molar-refractivity contribution in [1.82, 2.24) is 14.8 Å². The van der Waals surface area contributed by atoms with Gasteiger partial charge in [0.1, 0.15) is 0 Å². The van der Waals surface area contributed by atoms with Gasteiger partial charge in [-0.15, -0.1) is 11.3 Å². The number of nitrogens with zero attached hydrogens (tertiary/aromatic N) is 3. The zero-order valence-corrected chi connectivity index (χ0v) is 9.01. The molecule has 1 N–H and O–H groups in total. The summed E-state index contributed by atoms with van der Waals surface area (Å²) >= 11 is 1.62. The lowest BCUT2D eigenvalue weighted by Crippen LogP contribution is -1.94. The molecule has 0 fully saturated rings. The van der Waals surface area contributed by atoms with Gasteiger partial charge < -0.3 is 5.32 Å². The first-order valence-corrected chi connectivity index (χ1v) is 5.36. The van der Waals surface area contributed by atoms with Crippen LogP contribution < -0.4 is 5.32 Å². The minimum absolute atomic E-state index is 0.903. The molecule has 0 unspecified atom stereocenters. The van der Waals surface area contributed by atoms with Crippen molar-refractivity contribution in [2.45, 2.75) is 6.92 Å². The highest BCUT2D eigenvalue weighted by atomic mass is 32.1. The van der Waals surface area contributed by atoms with Crippen LogP contribution in [-0.2, 0) is 7.05 Å². The summed E-state index contributed by atoms with van der Waals surface area (Å²) in [5.41, 5.74) is 2.05. The predicted molar refractivity (Wildman–Crippen MR) is 58.5 cm³/mol. The summed E-state index contributed by atoms with van der Waals surface area (Å²) in [4.78, 5) is 4.44. The molecule has 0 amide bonds. The molecule has 5 heteroatoms. The second kappa shape index (κ2) is 3.79. The van der Waals surface area contributed by atoms with E-state index >= 15 is 0 Å². The van der Waals surface area contributed by atoms with E-state index in [1.807, 2.05) is 24.8 Å². The summed E-state index contributed by atoms with van der Waals surface area (Å²) in [5.74, 6) is 0. The summed E-state index contributed by atoms with van der Waals surface area (Å²) in [6, 6.07) is 0. The largest absolute Gasteiger partial charge is 0.362 e. The van der Waals surface area contributed by atoms with Crippen molar-refractivity contribution < 1.29 is 0 Å². The van der Waals surface area contributed by atoms with Crippen molar-refractivity contribution in [1.29, 1.82) is 0 Å². The van der Waals surface area contributed by atoms with Crippen molar-refractivity contribution in [2.24, 2.45) is 7.05 Å². The number of aromatic nitrogens is 3. The SMILES string of the molecule is CCNc1nc(-c2cnn(C)c2)cs1. The van der Waals surface area contributed by atoms with Gasteiger partial charge in [-0.3, -0.25) is 4.68 Å². The second-order valence-electron chi connectivity index (χ2n) is 2.97. The molecule has 2 rings (SSSR count). The van der Waals surface area contributed by atoms with E-state index in [1.54, 1.807) is 16.0 Å². The number of nitrogens with one attached hydrogen (secondary N) is 1. The van der Waals surface area contributed by atoms with Crippen LogP contribution in [0, 0.1) is 0 Å². The van der Waals surface area contributed by atoms with Gasteiger partial charge in [-0.2, -0.15) is 5.10 Å². The van der Waals surface area contributed by atoms with E-state index in [9.17, 15) is 0 Å². The Bertz CT molecular complexity index is 418. The van der Waals surface area contributed by atoms with E-state index in [4.69, 9.17) is 0 Å². The minimum Gasteiger partial charge on any atom is -0.362 e. The molecule has 0 radical (unpaired) electrons. The standard InChI is InChI=1S/C9H12N4S/c1-3-10-9-12-8(6-14-9)7-4-11-13(2)5-7/h4-6H,3H2,1-2H3,(H,10,12). The Balaban J connectivity index is 2.24.